The maximum atomic E-state index is 13.8. The van der Waals surface area contributed by atoms with Gasteiger partial charge in [0.05, 0.1) is 12.1 Å². The lowest BCUT2D eigenvalue weighted by Crippen LogP contribution is -2.48. The van der Waals surface area contributed by atoms with Crippen LogP contribution in [0.3, 0.4) is 0 Å². The molecule has 4 rings (SSSR count). The summed E-state index contributed by atoms with van der Waals surface area (Å²) in [5, 5.41) is 16.9. The van der Waals surface area contributed by atoms with Crippen LogP contribution in [-0.4, -0.2) is 34.7 Å². The number of benzene rings is 3. The van der Waals surface area contributed by atoms with Gasteiger partial charge < -0.3 is 20.2 Å². The number of aliphatic hydroxyl groups excluding tert-OH is 1. The molecule has 192 valence electrons. The van der Waals surface area contributed by atoms with Gasteiger partial charge in [0.15, 0.2) is 5.69 Å². The first-order valence-corrected chi connectivity index (χ1v) is 12.1. The normalized spacial score (nSPS) is 12.8. The van der Waals surface area contributed by atoms with Gasteiger partial charge in [-0.3, -0.25) is 4.79 Å². The van der Waals surface area contributed by atoms with Crippen molar-refractivity contribution in [2.45, 2.75) is 38.5 Å². The molecular formula is C29H29F2N3O3. The summed E-state index contributed by atoms with van der Waals surface area (Å²) in [6.45, 7) is 2.74. The predicted octanol–water partition coefficient (Wildman–Crippen LogP) is 4.67. The van der Waals surface area contributed by atoms with Crippen molar-refractivity contribution in [2.24, 2.45) is 0 Å². The smallest absolute Gasteiger partial charge is 0.273 e. The lowest BCUT2D eigenvalue weighted by molar-refractivity contribution is 0.0825. The quantitative estimate of drug-likeness (QED) is 0.276. The van der Waals surface area contributed by atoms with Crippen molar-refractivity contribution in [1.29, 1.82) is 0 Å². The van der Waals surface area contributed by atoms with Crippen molar-refractivity contribution in [3.05, 3.63) is 113 Å². The summed E-state index contributed by atoms with van der Waals surface area (Å²) in [5.74, 6) is -1.74. The highest BCUT2D eigenvalue weighted by Gasteiger charge is 2.24. The summed E-state index contributed by atoms with van der Waals surface area (Å²) in [6, 6.07) is 19.5. The van der Waals surface area contributed by atoms with Gasteiger partial charge in [-0.1, -0.05) is 49.4 Å². The summed E-state index contributed by atoms with van der Waals surface area (Å²) in [4.78, 5) is 17.2. The number of aryl methyl sites for hydroxylation is 1. The molecule has 0 aliphatic rings. The second-order valence-corrected chi connectivity index (χ2v) is 8.84. The molecule has 0 saturated heterocycles. The molecule has 37 heavy (non-hydrogen) atoms. The molecular weight excluding hydrogens is 476 g/mol. The van der Waals surface area contributed by atoms with E-state index in [4.69, 9.17) is 4.42 Å². The average Bonchev–Trinajstić information content (AvgIpc) is 3.39. The van der Waals surface area contributed by atoms with Crippen molar-refractivity contribution in [1.82, 2.24) is 15.6 Å². The number of rotatable bonds is 11. The standard InChI is InChI=1S/C29H29F2N3O3/c1-2-19-7-6-8-20(11-19)16-32-17-27(35)25(14-21-12-23(30)15-24(31)13-21)33-28(36)26-18-37-29(34-26)22-9-4-3-5-10-22/h3-13,15,18,25,27,32,35H,2,14,16-17H2,1H3,(H,33,36)/t25-,27+/m0/s1. The number of carbonyl (C=O) groups excluding carboxylic acids is 1. The molecule has 0 aliphatic carbocycles. The number of halogens is 2. The Morgan fingerprint density at radius 2 is 1.70 bits per heavy atom. The van der Waals surface area contributed by atoms with Crippen LogP contribution in [0.25, 0.3) is 11.5 Å². The van der Waals surface area contributed by atoms with Gasteiger partial charge in [0, 0.05) is 24.7 Å². The summed E-state index contributed by atoms with van der Waals surface area (Å²) in [6.07, 6.45) is 1.12. The van der Waals surface area contributed by atoms with Gasteiger partial charge in [-0.2, -0.15) is 0 Å². The van der Waals surface area contributed by atoms with Crippen LogP contribution in [0.4, 0.5) is 8.78 Å². The highest BCUT2D eigenvalue weighted by Crippen LogP contribution is 2.18. The average molecular weight is 506 g/mol. The van der Waals surface area contributed by atoms with E-state index in [-0.39, 0.29) is 24.6 Å². The Labute approximate surface area is 214 Å². The van der Waals surface area contributed by atoms with E-state index in [0.717, 1.165) is 18.1 Å². The molecule has 0 radical (unpaired) electrons. The van der Waals surface area contributed by atoms with Gasteiger partial charge in [-0.05, 0) is 53.8 Å². The first-order chi connectivity index (χ1) is 17.9. The van der Waals surface area contributed by atoms with Crippen LogP contribution in [0.5, 0.6) is 0 Å². The highest BCUT2D eigenvalue weighted by molar-refractivity contribution is 5.92. The maximum Gasteiger partial charge on any atom is 0.273 e. The van der Waals surface area contributed by atoms with E-state index in [2.05, 4.69) is 34.7 Å². The Kier molecular flexibility index (Phi) is 8.77. The van der Waals surface area contributed by atoms with Crippen LogP contribution >= 0.6 is 0 Å². The molecule has 2 atom stereocenters. The molecule has 0 bridgehead atoms. The monoisotopic (exact) mass is 505 g/mol. The van der Waals surface area contributed by atoms with Crippen molar-refractivity contribution >= 4 is 5.91 Å². The molecule has 3 aromatic carbocycles. The van der Waals surface area contributed by atoms with Gasteiger partial charge in [-0.15, -0.1) is 0 Å². The lowest BCUT2D eigenvalue weighted by Gasteiger charge is -2.24. The zero-order valence-electron chi connectivity index (χ0n) is 20.5. The van der Waals surface area contributed by atoms with Crippen LogP contribution in [0.15, 0.2) is 83.5 Å². The molecule has 0 unspecified atom stereocenters. The fraction of sp³-hybridized carbons (Fsp3) is 0.241. The zero-order valence-corrected chi connectivity index (χ0v) is 20.5. The minimum atomic E-state index is -1.05. The summed E-state index contributed by atoms with van der Waals surface area (Å²) in [5.41, 5.74) is 3.33. The van der Waals surface area contributed by atoms with E-state index in [9.17, 15) is 18.7 Å². The Balaban J connectivity index is 1.46. The van der Waals surface area contributed by atoms with E-state index in [0.29, 0.717) is 17.7 Å². The Morgan fingerprint density at radius 3 is 2.43 bits per heavy atom. The molecule has 8 heteroatoms. The largest absolute Gasteiger partial charge is 0.444 e. The Bertz CT molecular complexity index is 1310. The first kappa shape index (κ1) is 26.2. The molecule has 0 spiro atoms. The number of nitrogens with zero attached hydrogens (tertiary/aromatic N) is 1. The number of amides is 1. The lowest BCUT2D eigenvalue weighted by atomic mass is 10.00. The first-order valence-electron chi connectivity index (χ1n) is 12.1. The van der Waals surface area contributed by atoms with E-state index in [1.54, 1.807) is 12.1 Å². The maximum absolute atomic E-state index is 13.8. The van der Waals surface area contributed by atoms with Gasteiger partial charge >= 0.3 is 0 Å². The zero-order chi connectivity index (χ0) is 26.2. The van der Waals surface area contributed by atoms with Gasteiger partial charge in [-0.25, -0.2) is 13.8 Å². The van der Waals surface area contributed by atoms with Crippen LogP contribution in [0.2, 0.25) is 0 Å². The minimum Gasteiger partial charge on any atom is -0.444 e. The van der Waals surface area contributed by atoms with Crippen molar-refractivity contribution < 1.29 is 23.1 Å². The van der Waals surface area contributed by atoms with E-state index < -0.39 is 29.7 Å². The molecule has 6 nitrogen and oxygen atoms in total. The highest BCUT2D eigenvalue weighted by atomic mass is 19.1. The molecule has 1 amide bonds. The SMILES string of the molecule is CCc1cccc(CNC[C@@H](O)[C@H](Cc2cc(F)cc(F)c2)NC(=O)c2coc(-c3ccccc3)n2)c1. The molecule has 4 aromatic rings. The molecule has 1 heterocycles. The van der Waals surface area contributed by atoms with Crippen LogP contribution < -0.4 is 10.6 Å². The molecule has 3 N–H and O–H groups in total. The van der Waals surface area contributed by atoms with E-state index >= 15 is 0 Å². The fourth-order valence-corrected chi connectivity index (χ4v) is 4.07. The Hall–Kier alpha value is -3.88. The third-order valence-electron chi connectivity index (χ3n) is 6.00. The van der Waals surface area contributed by atoms with Crippen molar-refractivity contribution in [3.8, 4) is 11.5 Å². The van der Waals surface area contributed by atoms with Gasteiger partial charge in [0.1, 0.15) is 17.9 Å². The number of aliphatic hydroxyl groups is 1. The number of hydrogen-bond donors (Lipinski definition) is 3. The number of aromatic nitrogens is 1. The third-order valence-corrected chi connectivity index (χ3v) is 6.00. The number of carbonyl (C=O) groups is 1. The molecule has 0 saturated carbocycles. The minimum absolute atomic E-state index is 0.0119. The Morgan fingerprint density at radius 1 is 0.973 bits per heavy atom. The third kappa shape index (κ3) is 7.31. The van der Waals surface area contributed by atoms with Crippen LogP contribution in [0.1, 0.15) is 34.1 Å². The molecule has 1 aromatic heterocycles. The second kappa shape index (κ2) is 12.4. The number of nitrogens with one attached hydrogen (secondary N) is 2. The summed E-state index contributed by atoms with van der Waals surface area (Å²) < 4.78 is 33.0. The predicted molar refractivity (Wildman–Crippen MR) is 137 cm³/mol. The fourth-order valence-electron chi connectivity index (χ4n) is 4.07. The summed E-state index contributed by atoms with van der Waals surface area (Å²) >= 11 is 0. The molecule has 0 aliphatic heterocycles. The topological polar surface area (TPSA) is 87.4 Å². The van der Waals surface area contributed by atoms with Gasteiger partial charge in [0.25, 0.3) is 5.91 Å². The second-order valence-electron chi connectivity index (χ2n) is 8.84. The summed E-state index contributed by atoms with van der Waals surface area (Å²) in [7, 11) is 0. The number of hydrogen-bond acceptors (Lipinski definition) is 5. The number of oxazole rings is 1. The van der Waals surface area contributed by atoms with Crippen LogP contribution in [0, 0.1) is 11.6 Å². The van der Waals surface area contributed by atoms with E-state index in [1.165, 1.54) is 24.0 Å². The molecule has 0 fully saturated rings. The van der Waals surface area contributed by atoms with Gasteiger partial charge in [0.2, 0.25) is 5.89 Å². The van der Waals surface area contributed by atoms with E-state index in [1.807, 2.05) is 30.3 Å². The van der Waals surface area contributed by atoms with Crippen molar-refractivity contribution in [2.75, 3.05) is 6.54 Å². The van der Waals surface area contributed by atoms with Crippen LogP contribution in [-0.2, 0) is 19.4 Å². The van der Waals surface area contributed by atoms with Crippen molar-refractivity contribution in [3.63, 3.8) is 0 Å².